The van der Waals surface area contributed by atoms with Gasteiger partial charge >= 0.3 is 0 Å². The molecule has 0 fully saturated rings. The Balaban J connectivity index is 2.65. The van der Waals surface area contributed by atoms with Gasteiger partial charge in [-0.25, -0.2) is 0 Å². The molecule has 0 aromatic carbocycles. The van der Waals surface area contributed by atoms with E-state index in [-0.39, 0.29) is 0 Å². The van der Waals surface area contributed by atoms with Gasteiger partial charge in [0, 0.05) is 23.0 Å². The first-order valence-electron chi connectivity index (χ1n) is 3.29. The van der Waals surface area contributed by atoms with Crippen LogP contribution >= 0.6 is 36.2 Å². The summed E-state index contributed by atoms with van der Waals surface area (Å²) in [5.41, 5.74) is 0. The molecule has 0 aliphatic rings. The molecule has 0 atom stereocenters. The number of aliphatic hydroxyl groups is 1. The smallest absolute Gasteiger partial charge is 0.0521 e. The number of hydrogen-bond donors (Lipinski definition) is 2. The number of thiol groups is 1. The lowest BCUT2D eigenvalue weighted by molar-refractivity contribution is 0.322. The van der Waals surface area contributed by atoms with E-state index in [0.29, 0.717) is 6.61 Å². The summed E-state index contributed by atoms with van der Waals surface area (Å²) in [5.74, 6) is 5.32. The van der Waals surface area contributed by atoms with Gasteiger partial charge in [0.05, 0.1) is 6.61 Å². The number of rotatable bonds is 7. The fraction of sp³-hybridized carbons (Fsp3) is 1.00. The van der Waals surface area contributed by atoms with Crippen molar-refractivity contribution >= 4 is 36.2 Å². The molecule has 0 heterocycles. The van der Waals surface area contributed by atoms with Crippen molar-refractivity contribution in [3.05, 3.63) is 0 Å². The molecule has 1 nitrogen and oxygen atoms in total. The van der Waals surface area contributed by atoms with Gasteiger partial charge < -0.3 is 5.11 Å². The molecule has 0 saturated heterocycles. The van der Waals surface area contributed by atoms with Crippen LogP contribution in [0.25, 0.3) is 0 Å². The molecule has 0 bridgehead atoms. The van der Waals surface area contributed by atoms with Gasteiger partial charge in [-0.2, -0.15) is 36.2 Å². The van der Waals surface area contributed by atoms with Crippen LogP contribution in [-0.4, -0.2) is 40.5 Å². The third kappa shape index (κ3) is 9.01. The van der Waals surface area contributed by atoms with E-state index < -0.39 is 0 Å². The van der Waals surface area contributed by atoms with Crippen LogP contribution in [0.1, 0.15) is 0 Å². The molecular formula is C6H14OS3. The molecule has 0 saturated carbocycles. The highest BCUT2D eigenvalue weighted by molar-refractivity contribution is 8.03. The SMILES string of the molecule is OCCSCCSCCS. The third-order valence-electron chi connectivity index (χ3n) is 0.843. The first-order chi connectivity index (χ1) is 4.91. The van der Waals surface area contributed by atoms with Crippen molar-refractivity contribution in [1.29, 1.82) is 0 Å². The molecular weight excluding hydrogens is 184 g/mol. The van der Waals surface area contributed by atoms with Gasteiger partial charge in [0.1, 0.15) is 0 Å². The Morgan fingerprint density at radius 3 is 2.10 bits per heavy atom. The van der Waals surface area contributed by atoms with E-state index in [1.54, 1.807) is 0 Å². The van der Waals surface area contributed by atoms with Gasteiger partial charge in [0.2, 0.25) is 0 Å². The lowest BCUT2D eigenvalue weighted by Gasteiger charge is -1.97. The lowest BCUT2D eigenvalue weighted by Crippen LogP contribution is -1.91. The molecule has 0 amide bonds. The minimum atomic E-state index is 0.307. The maximum absolute atomic E-state index is 8.43. The van der Waals surface area contributed by atoms with E-state index in [2.05, 4.69) is 12.6 Å². The maximum atomic E-state index is 8.43. The summed E-state index contributed by atoms with van der Waals surface area (Å²) in [6, 6.07) is 0. The summed E-state index contributed by atoms with van der Waals surface area (Å²) >= 11 is 7.83. The van der Waals surface area contributed by atoms with E-state index in [1.807, 2.05) is 23.5 Å². The summed E-state index contributed by atoms with van der Waals surface area (Å²) in [6.07, 6.45) is 0. The van der Waals surface area contributed by atoms with Crippen molar-refractivity contribution in [3.8, 4) is 0 Å². The molecule has 62 valence electrons. The minimum absolute atomic E-state index is 0.307. The summed E-state index contributed by atoms with van der Waals surface area (Å²) < 4.78 is 0. The van der Waals surface area contributed by atoms with Crippen LogP contribution in [0.2, 0.25) is 0 Å². The van der Waals surface area contributed by atoms with Gasteiger partial charge in [-0.15, -0.1) is 0 Å². The second kappa shape index (κ2) is 10.0. The zero-order valence-electron chi connectivity index (χ0n) is 5.95. The molecule has 0 rings (SSSR count). The van der Waals surface area contributed by atoms with Gasteiger partial charge in [0.15, 0.2) is 0 Å². The Morgan fingerprint density at radius 1 is 1.00 bits per heavy atom. The van der Waals surface area contributed by atoms with E-state index >= 15 is 0 Å². The highest BCUT2D eigenvalue weighted by atomic mass is 32.2. The zero-order valence-corrected chi connectivity index (χ0v) is 8.48. The Labute approximate surface area is 76.8 Å². The molecule has 1 N–H and O–H groups in total. The Morgan fingerprint density at radius 2 is 1.60 bits per heavy atom. The fourth-order valence-corrected chi connectivity index (χ4v) is 2.45. The van der Waals surface area contributed by atoms with Crippen LogP contribution in [0.3, 0.4) is 0 Å². The number of aliphatic hydroxyl groups excluding tert-OH is 1. The first kappa shape index (κ1) is 11.0. The number of hydrogen-bond acceptors (Lipinski definition) is 4. The van der Waals surface area contributed by atoms with Crippen molar-refractivity contribution in [1.82, 2.24) is 0 Å². The number of thioether (sulfide) groups is 2. The fourth-order valence-electron chi connectivity index (χ4n) is 0.451. The van der Waals surface area contributed by atoms with Gasteiger partial charge in [-0.3, -0.25) is 0 Å². The molecule has 10 heavy (non-hydrogen) atoms. The Hall–Kier alpha value is 1.01. The largest absolute Gasteiger partial charge is 0.396 e. The lowest BCUT2D eigenvalue weighted by atomic mass is 10.9. The van der Waals surface area contributed by atoms with Gasteiger partial charge in [-0.05, 0) is 5.75 Å². The van der Waals surface area contributed by atoms with Crippen molar-refractivity contribution in [2.75, 3.05) is 35.4 Å². The maximum Gasteiger partial charge on any atom is 0.0521 e. The highest BCUT2D eigenvalue weighted by Crippen LogP contribution is 2.06. The standard InChI is InChI=1S/C6H14OS3/c7-1-3-9-5-6-10-4-2-8/h7-8H,1-6H2. The van der Waals surface area contributed by atoms with E-state index in [1.165, 1.54) is 5.75 Å². The highest BCUT2D eigenvalue weighted by Gasteiger charge is 1.88. The minimum Gasteiger partial charge on any atom is -0.396 e. The van der Waals surface area contributed by atoms with E-state index in [0.717, 1.165) is 23.0 Å². The van der Waals surface area contributed by atoms with Crippen LogP contribution in [0.4, 0.5) is 0 Å². The molecule has 0 aliphatic heterocycles. The van der Waals surface area contributed by atoms with Crippen molar-refractivity contribution < 1.29 is 5.11 Å². The third-order valence-corrected chi connectivity index (χ3v) is 3.58. The molecule has 0 spiro atoms. The summed E-state index contributed by atoms with van der Waals surface area (Å²) in [6.45, 7) is 0.307. The average molecular weight is 198 g/mol. The van der Waals surface area contributed by atoms with Crippen molar-refractivity contribution in [2.45, 2.75) is 0 Å². The predicted octanol–water partition coefficient (Wildman–Crippen LogP) is 1.37. The summed E-state index contributed by atoms with van der Waals surface area (Å²) in [7, 11) is 0. The van der Waals surface area contributed by atoms with Gasteiger partial charge in [0.25, 0.3) is 0 Å². The van der Waals surface area contributed by atoms with Crippen LogP contribution in [0.5, 0.6) is 0 Å². The first-order valence-corrected chi connectivity index (χ1v) is 6.23. The van der Waals surface area contributed by atoms with Crippen molar-refractivity contribution in [2.24, 2.45) is 0 Å². The molecule has 0 unspecified atom stereocenters. The van der Waals surface area contributed by atoms with Crippen LogP contribution < -0.4 is 0 Å². The topological polar surface area (TPSA) is 20.2 Å². The quantitative estimate of drug-likeness (QED) is 0.476. The Kier molecular flexibility index (Phi) is 11.0. The average Bonchev–Trinajstić information content (AvgIpc) is 1.97. The van der Waals surface area contributed by atoms with Crippen LogP contribution in [0.15, 0.2) is 0 Å². The second-order valence-electron chi connectivity index (χ2n) is 1.67. The van der Waals surface area contributed by atoms with Gasteiger partial charge in [-0.1, -0.05) is 0 Å². The zero-order chi connectivity index (χ0) is 7.66. The molecule has 0 aromatic rings. The van der Waals surface area contributed by atoms with Crippen molar-refractivity contribution in [3.63, 3.8) is 0 Å². The van der Waals surface area contributed by atoms with E-state index in [4.69, 9.17) is 5.11 Å². The van der Waals surface area contributed by atoms with Crippen LogP contribution in [0, 0.1) is 0 Å². The molecule has 0 aliphatic carbocycles. The summed E-state index contributed by atoms with van der Waals surface area (Å²) in [5, 5.41) is 8.43. The second-order valence-corrected chi connectivity index (χ2v) is 4.57. The Bertz CT molecular complexity index is 53.0. The predicted molar refractivity (Wildman–Crippen MR) is 55.6 cm³/mol. The normalized spacial score (nSPS) is 10.2. The summed E-state index contributed by atoms with van der Waals surface area (Å²) in [4.78, 5) is 0. The van der Waals surface area contributed by atoms with E-state index in [9.17, 15) is 0 Å². The molecule has 4 heteroatoms. The van der Waals surface area contributed by atoms with Crippen LogP contribution in [-0.2, 0) is 0 Å². The molecule has 0 radical (unpaired) electrons. The molecule has 0 aromatic heterocycles. The monoisotopic (exact) mass is 198 g/mol.